The van der Waals surface area contributed by atoms with Crippen LogP contribution in [0.2, 0.25) is 0 Å². The Balaban J connectivity index is 1.60. The summed E-state index contributed by atoms with van der Waals surface area (Å²) in [6, 6.07) is 14.1. The van der Waals surface area contributed by atoms with Gasteiger partial charge in [0.15, 0.2) is 0 Å². The Bertz CT molecular complexity index is 496. The lowest BCUT2D eigenvalue weighted by Gasteiger charge is -2.45. The van der Waals surface area contributed by atoms with E-state index in [0.717, 1.165) is 18.8 Å². The van der Waals surface area contributed by atoms with Gasteiger partial charge in [0.05, 0.1) is 11.5 Å². The molecule has 3 rings (SSSR count). The fraction of sp³-hybridized carbons (Fsp3) is 0.632. The van der Waals surface area contributed by atoms with E-state index in [-0.39, 0.29) is 5.41 Å². The summed E-state index contributed by atoms with van der Waals surface area (Å²) >= 11 is 0. The van der Waals surface area contributed by atoms with Gasteiger partial charge in [-0.2, -0.15) is 5.26 Å². The molecule has 2 aliphatic carbocycles. The highest BCUT2D eigenvalue weighted by atomic mass is 15.0. The minimum atomic E-state index is -0.243. The van der Waals surface area contributed by atoms with Crippen LogP contribution < -0.4 is 5.32 Å². The summed E-state index contributed by atoms with van der Waals surface area (Å²) in [6.07, 6.45) is 8.73. The highest BCUT2D eigenvalue weighted by Crippen LogP contribution is 2.44. The maximum Gasteiger partial charge on any atom is 0.0852 e. The molecule has 2 saturated carbocycles. The number of nitrogens with zero attached hydrogens (tertiary/aromatic N) is 1. The van der Waals surface area contributed by atoms with Gasteiger partial charge >= 0.3 is 0 Å². The second-order valence-corrected chi connectivity index (χ2v) is 7.05. The van der Waals surface area contributed by atoms with Crippen molar-refractivity contribution < 1.29 is 0 Å². The van der Waals surface area contributed by atoms with Crippen molar-refractivity contribution in [2.45, 2.75) is 69.4 Å². The van der Waals surface area contributed by atoms with E-state index in [1.54, 1.807) is 0 Å². The smallest absolute Gasteiger partial charge is 0.0852 e. The molecular weight excluding hydrogens is 256 g/mol. The zero-order valence-corrected chi connectivity index (χ0v) is 13.0. The van der Waals surface area contributed by atoms with Crippen molar-refractivity contribution in [2.24, 2.45) is 5.92 Å². The lowest BCUT2D eigenvalue weighted by molar-refractivity contribution is 0.187. The lowest BCUT2D eigenvalue weighted by atomic mass is 9.62. The molecule has 2 atom stereocenters. The van der Waals surface area contributed by atoms with E-state index in [4.69, 9.17) is 0 Å². The summed E-state index contributed by atoms with van der Waals surface area (Å²) < 4.78 is 0. The van der Waals surface area contributed by atoms with Crippen molar-refractivity contribution in [3.05, 3.63) is 35.9 Å². The summed E-state index contributed by atoms with van der Waals surface area (Å²) in [4.78, 5) is 0. The lowest BCUT2D eigenvalue weighted by Crippen LogP contribution is -2.54. The molecule has 1 aromatic carbocycles. The predicted molar refractivity (Wildman–Crippen MR) is 85.9 cm³/mol. The summed E-state index contributed by atoms with van der Waals surface area (Å²) in [5, 5.41) is 13.5. The Kier molecular flexibility index (Phi) is 4.31. The molecule has 112 valence electrons. The van der Waals surface area contributed by atoms with E-state index in [2.05, 4.69) is 30.4 Å². The molecule has 2 unspecified atom stereocenters. The Hall–Kier alpha value is -1.33. The maximum absolute atomic E-state index is 9.63. The Morgan fingerprint density at radius 3 is 2.52 bits per heavy atom. The van der Waals surface area contributed by atoms with Gasteiger partial charge in [-0.3, -0.25) is 0 Å². The molecule has 0 bridgehead atoms. The van der Waals surface area contributed by atoms with E-state index in [0.29, 0.717) is 12.1 Å². The fourth-order valence-electron chi connectivity index (χ4n) is 4.09. The van der Waals surface area contributed by atoms with Crippen LogP contribution in [0.25, 0.3) is 0 Å². The zero-order chi connectivity index (χ0) is 14.7. The van der Waals surface area contributed by atoms with Crippen LogP contribution in [0.4, 0.5) is 0 Å². The number of nitriles is 1. The monoisotopic (exact) mass is 282 g/mol. The predicted octanol–water partition coefficient (Wildman–Crippen LogP) is 4.17. The summed E-state index contributed by atoms with van der Waals surface area (Å²) in [6.45, 7) is 2.39. The van der Waals surface area contributed by atoms with Crippen LogP contribution in [-0.4, -0.2) is 12.1 Å². The first kappa shape index (κ1) is 14.6. The molecule has 2 nitrogen and oxygen atoms in total. The molecule has 0 aromatic heterocycles. The number of hydrogen-bond acceptors (Lipinski definition) is 2. The molecular formula is C19H26N2. The number of nitrogens with one attached hydrogen (secondary N) is 1. The molecule has 0 amide bonds. The summed E-state index contributed by atoms with van der Waals surface area (Å²) in [5.74, 6) is 0.779. The first-order chi connectivity index (χ1) is 10.2. The van der Waals surface area contributed by atoms with Crippen LogP contribution in [-0.2, 0) is 5.41 Å². The molecule has 2 aliphatic rings. The summed E-state index contributed by atoms with van der Waals surface area (Å²) in [7, 11) is 0. The number of rotatable bonds is 3. The molecule has 0 saturated heterocycles. The molecule has 2 fully saturated rings. The number of hydrogen-bond donors (Lipinski definition) is 1. The van der Waals surface area contributed by atoms with Crippen molar-refractivity contribution in [1.82, 2.24) is 5.32 Å². The standard InChI is InChI=1S/C19H26N2/c1-15-8-4-2-7-11-18(15)21-17-12-19(13-17,14-20)16-9-5-3-6-10-16/h3,5-6,9-10,15,17-18,21H,2,4,7-8,11-13H2,1H3. The molecule has 0 aliphatic heterocycles. The minimum absolute atomic E-state index is 0.243. The van der Waals surface area contributed by atoms with Crippen LogP contribution in [0.1, 0.15) is 57.4 Å². The van der Waals surface area contributed by atoms with Crippen LogP contribution >= 0.6 is 0 Å². The van der Waals surface area contributed by atoms with Gasteiger partial charge in [-0.25, -0.2) is 0 Å². The molecule has 0 heterocycles. The Labute approximate surface area is 128 Å². The minimum Gasteiger partial charge on any atom is -0.311 e. The fourth-order valence-corrected chi connectivity index (χ4v) is 4.09. The van der Waals surface area contributed by atoms with Crippen LogP contribution in [0.3, 0.4) is 0 Å². The van der Waals surface area contributed by atoms with E-state index in [1.165, 1.54) is 37.7 Å². The highest BCUT2D eigenvalue weighted by Gasteiger charge is 2.46. The molecule has 2 heteroatoms. The van der Waals surface area contributed by atoms with Crippen molar-refractivity contribution in [3.63, 3.8) is 0 Å². The van der Waals surface area contributed by atoms with Crippen molar-refractivity contribution in [1.29, 1.82) is 5.26 Å². The third-order valence-electron chi connectivity index (χ3n) is 5.54. The first-order valence-electron chi connectivity index (χ1n) is 8.46. The quantitative estimate of drug-likeness (QED) is 0.845. The van der Waals surface area contributed by atoms with Crippen LogP contribution in [0, 0.1) is 17.2 Å². The van der Waals surface area contributed by atoms with Gasteiger partial charge in [0.1, 0.15) is 0 Å². The van der Waals surface area contributed by atoms with Gasteiger partial charge in [-0.05, 0) is 37.2 Å². The summed E-state index contributed by atoms with van der Waals surface area (Å²) in [5.41, 5.74) is 0.951. The zero-order valence-electron chi connectivity index (χ0n) is 13.0. The largest absolute Gasteiger partial charge is 0.311 e. The van der Waals surface area contributed by atoms with Gasteiger partial charge in [0.25, 0.3) is 0 Å². The second-order valence-electron chi connectivity index (χ2n) is 7.05. The first-order valence-corrected chi connectivity index (χ1v) is 8.46. The molecule has 0 radical (unpaired) electrons. The van der Waals surface area contributed by atoms with E-state index < -0.39 is 0 Å². The SMILES string of the molecule is CC1CCCCCC1NC1CC(C#N)(c2ccccc2)C1. The average Bonchev–Trinajstić information content (AvgIpc) is 2.68. The van der Waals surface area contributed by atoms with Crippen molar-refractivity contribution in [3.8, 4) is 6.07 Å². The second kappa shape index (κ2) is 6.20. The normalized spacial score (nSPS) is 36.3. The molecule has 1 aromatic rings. The van der Waals surface area contributed by atoms with Crippen molar-refractivity contribution >= 4 is 0 Å². The third kappa shape index (κ3) is 2.99. The maximum atomic E-state index is 9.63. The van der Waals surface area contributed by atoms with Crippen molar-refractivity contribution in [2.75, 3.05) is 0 Å². The van der Waals surface area contributed by atoms with Crippen LogP contribution in [0.15, 0.2) is 30.3 Å². The molecule has 21 heavy (non-hydrogen) atoms. The van der Waals surface area contributed by atoms with E-state index in [9.17, 15) is 5.26 Å². The highest BCUT2D eigenvalue weighted by molar-refractivity contribution is 5.36. The Morgan fingerprint density at radius 1 is 1.10 bits per heavy atom. The van der Waals surface area contributed by atoms with Crippen LogP contribution in [0.5, 0.6) is 0 Å². The van der Waals surface area contributed by atoms with Gasteiger partial charge < -0.3 is 5.32 Å². The number of benzene rings is 1. The topological polar surface area (TPSA) is 35.8 Å². The Morgan fingerprint density at radius 2 is 1.81 bits per heavy atom. The van der Waals surface area contributed by atoms with Gasteiger partial charge in [-0.1, -0.05) is 56.5 Å². The average molecular weight is 282 g/mol. The molecule has 0 spiro atoms. The van der Waals surface area contributed by atoms with Gasteiger partial charge in [-0.15, -0.1) is 0 Å². The van der Waals surface area contributed by atoms with Gasteiger partial charge in [0.2, 0.25) is 0 Å². The third-order valence-corrected chi connectivity index (χ3v) is 5.54. The van der Waals surface area contributed by atoms with Gasteiger partial charge in [0, 0.05) is 12.1 Å². The van der Waals surface area contributed by atoms with E-state index >= 15 is 0 Å². The van der Waals surface area contributed by atoms with E-state index in [1.807, 2.05) is 18.2 Å². The molecule has 1 N–H and O–H groups in total.